The van der Waals surface area contributed by atoms with Crippen LogP contribution >= 0.6 is 15.9 Å². The number of hydrogen-bond acceptors (Lipinski definition) is 5. The van der Waals surface area contributed by atoms with Gasteiger partial charge in [-0.2, -0.15) is 18.3 Å². The van der Waals surface area contributed by atoms with E-state index in [0.29, 0.717) is 22.7 Å². The summed E-state index contributed by atoms with van der Waals surface area (Å²) in [5.74, 6) is 0.524. The molecule has 0 fully saturated rings. The number of carbonyl (C=O) groups excluding carboxylic acids is 1. The predicted octanol–water partition coefficient (Wildman–Crippen LogP) is 5.29. The van der Waals surface area contributed by atoms with Crippen molar-refractivity contribution in [3.63, 3.8) is 0 Å². The number of nitrogens with zero attached hydrogens (tertiary/aromatic N) is 2. The number of amides is 1. The molecule has 2 atom stereocenters. The smallest absolute Gasteiger partial charge is 0.410 e. The van der Waals surface area contributed by atoms with Crippen molar-refractivity contribution in [3.8, 4) is 11.5 Å². The third kappa shape index (κ3) is 3.88. The lowest BCUT2D eigenvalue weighted by molar-refractivity contribution is -0.173. The fraction of sp³-hybridized carbons (Fsp3) is 0.238. The molecule has 2 N–H and O–H groups in total. The van der Waals surface area contributed by atoms with E-state index >= 15 is 0 Å². The van der Waals surface area contributed by atoms with Crippen LogP contribution in [-0.2, 0) is 0 Å². The zero-order valence-corrected chi connectivity index (χ0v) is 17.9. The number of ether oxygens (including phenoxy) is 2. The summed E-state index contributed by atoms with van der Waals surface area (Å²) < 4.78 is 53.7. The number of benzene rings is 2. The molecule has 1 aromatic heterocycles. The quantitative estimate of drug-likeness (QED) is 0.502. The Morgan fingerprint density at radius 3 is 2.62 bits per heavy atom. The Morgan fingerprint density at radius 1 is 1.12 bits per heavy atom. The molecule has 5 rings (SSSR count). The van der Waals surface area contributed by atoms with Crippen LogP contribution in [0.3, 0.4) is 0 Å². The second-order valence-electron chi connectivity index (χ2n) is 7.42. The minimum Gasteiger partial charge on any atom is -0.454 e. The van der Waals surface area contributed by atoms with E-state index in [9.17, 15) is 18.0 Å². The van der Waals surface area contributed by atoms with Gasteiger partial charge in [0.1, 0.15) is 5.82 Å². The van der Waals surface area contributed by atoms with Crippen molar-refractivity contribution < 1.29 is 27.4 Å². The Balaban J connectivity index is 1.42. The highest BCUT2D eigenvalue weighted by molar-refractivity contribution is 9.10. The highest BCUT2D eigenvalue weighted by Gasteiger charge is 2.46. The molecule has 11 heteroatoms. The van der Waals surface area contributed by atoms with E-state index in [0.717, 1.165) is 9.15 Å². The normalized spacial score (nSPS) is 19.2. The maximum atomic E-state index is 13.8. The second kappa shape index (κ2) is 7.73. The molecule has 0 aliphatic carbocycles. The summed E-state index contributed by atoms with van der Waals surface area (Å²) in [5, 5.41) is 9.68. The SMILES string of the molecule is O=C(Nc1ccc2c(c1)OCO2)c1cc2n(n1)[C@@H](C(F)(F)F)C[C@H](c1ccc(Br)cc1)N2. The van der Waals surface area contributed by atoms with Gasteiger partial charge in [0.25, 0.3) is 5.91 Å². The number of hydrogen-bond donors (Lipinski definition) is 2. The largest absolute Gasteiger partial charge is 0.454 e. The lowest BCUT2D eigenvalue weighted by Crippen LogP contribution is -2.35. The number of alkyl halides is 3. The predicted molar refractivity (Wildman–Crippen MR) is 113 cm³/mol. The highest BCUT2D eigenvalue weighted by Crippen LogP contribution is 2.44. The van der Waals surface area contributed by atoms with Crippen LogP contribution < -0.4 is 20.1 Å². The van der Waals surface area contributed by atoms with E-state index in [1.807, 2.05) is 0 Å². The first-order chi connectivity index (χ1) is 15.3. The first kappa shape index (κ1) is 20.7. The van der Waals surface area contributed by atoms with Crippen molar-refractivity contribution >= 4 is 33.3 Å². The standard InChI is InChI=1S/C21H16BrF3N4O3/c22-12-3-1-11(2-4-12)14-8-18(21(23,24)25)29-19(27-14)9-15(28-29)20(30)26-13-5-6-16-17(7-13)32-10-31-16/h1-7,9,14,18,27H,8,10H2,(H,26,30)/t14-,18-/m1/s1. The first-order valence-corrected chi connectivity index (χ1v) is 10.5. The van der Waals surface area contributed by atoms with Gasteiger partial charge >= 0.3 is 6.18 Å². The fourth-order valence-electron chi connectivity index (χ4n) is 3.77. The maximum Gasteiger partial charge on any atom is 0.410 e. The molecular weight excluding hydrogens is 493 g/mol. The number of anilines is 2. The zero-order chi connectivity index (χ0) is 22.5. The zero-order valence-electron chi connectivity index (χ0n) is 16.3. The van der Waals surface area contributed by atoms with Gasteiger partial charge in [-0.1, -0.05) is 28.1 Å². The Kier molecular flexibility index (Phi) is 5.00. The van der Waals surface area contributed by atoms with E-state index < -0.39 is 24.2 Å². The topological polar surface area (TPSA) is 77.4 Å². The Morgan fingerprint density at radius 2 is 1.88 bits per heavy atom. The van der Waals surface area contributed by atoms with Crippen LogP contribution in [0.15, 0.2) is 53.0 Å². The summed E-state index contributed by atoms with van der Waals surface area (Å²) in [6, 6.07) is 10.8. The van der Waals surface area contributed by atoms with Crippen LogP contribution in [0.4, 0.5) is 24.7 Å². The Labute approximate surface area is 188 Å². The molecule has 2 aliphatic rings. The molecule has 32 heavy (non-hydrogen) atoms. The minimum absolute atomic E-state index is 0.0878. The third-order valence-electron chi connectivity index (χ3n) is 5.33. The molecule has 0 unspecified atom stereocenters. The summed E-state index contributed by atoms with van der Waals surface area (Å²) in [6.45, 7) is 0.0878. The number of rotatable bonds is 3. The molecule has 7 nitrogen and oxygen atoms in total. The molecular formula is C21H16BrF3N4O3. The molecule has 0 saturated heterocycles. The summed E-state index contributed by atoms with van der Waals surface area (Å²) in [7, 11) is 0. The second-order valence-corrected chi connectivity index (χ2v) is 8.34. The van der Waals surface area contributed by atoms with Gasteiger partial charge < -0.3 is 20.1 Å². The molecule has 3 aromatic rings. The van der Waals surface area contributed by atoms with Crippen molar-refractivity contribution in [3.05, 3.63) is 64.3 Å². The van der Waals surface area contributed by atoms with Gasteiger partial charge in [0.15, 0.2) is 23.2 Å². The van der Waals surface area contributed by atoms with Gasteiger partial charge in [-0.3, -0.25) is 4.79 Å². The van der Waals surface area contributed by atoms with Gasteiger partial charge in [0.2, 0.25) is 6.79 Å². The number of nitrogens with one attached hydrogen (secondary N) is 2. The molecule has 2 aromatic carbocycles. The van der Waals surface area contributed by atoms with Gasteiger partial charge in [0, 0.05) is 28.7 Å². The highest BCUT2D eigenvalue weighted by atomic mass is 79.9. The van der Waals surface area contributed by atoms with Crippen molar-refractivity contribution in [2.45, 2.75) is 24.7 Å². The van der Waals surface area contributed by atoms with Crippen LogP contribution in [0.1, 0.15) is 34.6 Å². The average Bonchev–Trinajstić information content (AvgIpc) is 3.39. The summed E-state index contributed by atoms with van der Waals surface area (Å²) in [4.78, 5) is 12.7. The van der Waals surface area contributed by atoms with Gasteiger partial charge in [-0.05, 0) is 29.8 Å². The van der Waals surface area contributed by atoms with E-state index in [1.54, 1.807) is 42.5 Å². The van der Waals surface area contributed by atoms with Crippen molar-refractivity contribution in [2.24, 2.45) is 0 Å². The Bertz CT molecular complexity index is 1180. The number of aromatic nitrogens is 2. The van der Waals surface area contributed by atoms with Crippen LogP contribution in [0.2, 0.25) is 0 Å². The van der Waals surface area contributed by atoms with Crippen LogP contribution in [0, 0.1) is 0 Å². The molecule has 0 radical (unpaired) electrons. The van der Waals surface area contributed by atoms with Crippen LogP contribution in [-0.4, -0.2) is 28.7 Å². The number of fused-ring (bicyclic) bond motifs is 2. The molecule has 1 amide bonds. The van der Waals surface area contributed by atoms with Crippen molar-refractivity contribution in [2.75, 3.05) is 17.4 Å². The van der Waals surface area contributed by atoms with E-state index in [2.05, 4.69) is 31.7 Å². The van der Waals surface area contributed by atoms with Gasteiger partial charge in [-0.25, -0.2) is 4.68 Å². The molecule has 3 heterocycles. The van der Waals surface area contributed by atoms with Gasteiger partial charge in [-0.15, -0.1) is 0 Å². The third-order valence-corrected chi connectivity index (χ3v) is 5.85. The van der Waals surface area contributed by atoms with Crippen molar-refractivity contribution in [1.82, 2.24) is 9.78 Å². The fourth-order valence-corrected chi connectivity index (χ4v) is 4.03. The van der Waals surface area contributed by atoms with E-state index in [4.69, 9.17) is 9.47 Å². The minimum atomic E-state index is -4.53. The molecule has 0 spiro atoms. The maximum absolute atomic E-state index is 13.8. The molecule has 166 valence electrons. The molecule has 0 saturated carbocycles. The molecule has 0 bridgehead atoms. The summed E-state index contributed by atoms with van der Waals surface area (Å²) in [6.07, 6.45) is -4.77. The average molecular weight is 509 g/mol. The van der Waals surface area contributed by atoms with E-state index in [-0.39, 0.29) is 24.7 Å². The van der Waals surface area contributed by atoms with Gasteiger partial charge in [0.05, 0.1) is 6.04 Å². The first-order valence-electron chi connectivity index (χ1n) is 9.67. The number of halogens is 4. The molecule has 2 aliphatic heterocycles. The monoisotopic (exact) mass is 508 g/mol. The van der Waals surface area contributed by atoms with E-state index in [1.165, 1.54) is 6.07 Å². The Hall–Kier alpha value is -3.21. The lowest BCUT2D eigenvalue weighted by Gasteiger charge is -2.33. The summed E-state index contributed by atoms with van der Waals surface area (Å²) in [5.41, 5.74) is 0.996. The lowest BCUT2D eigenvalue weighted by atomic mass is 9.97. The van der Waals surface area contributed by atoms with Crippen LogP contribution in [0.5, 0.6) is 11.5 Å². The summed E-state index contributed by atoms with van der Waals surface area (Å²) >= 11 is 3.33. The van der Waals surface area contributed by atoms with Crippen LogP contribution in [0.25, 0.3) is 0 Å². The number of carbonyl (C=O) groups is 1. The van der Waals surface area contributed by atoms with Crippen molar-refractivity contribution in [1.29, 1.82) is 0 Å².